The van der Waals surface area contributed by atoms with E-state index in [-0.39, 0.29) is 0 Å². The standard InChI is InChI=1S/C8H4F4O2.C2Cl2O2/c9-5-3-1-2-4(8(10,11)12)6(5)7(13)14;3-1(5)2(4)6/h1-3H,(H,13,14);. The Morgan fingerprint density at radius 3 is 1.75 bits per heavy atom. The normalized spacial score (nSPS) is 10.3. The van der Waals surface area contributed by atoms with Crippen molar-refractivity contribution in [3.05, 3.63) is 35.1 Å². The molecule has 0 saturated carbocycles. The van der Waals surface area contributed by atoms with Crippen LogP contribution in [-0.2, 0) is 15.8 Å². The first-order valence-corrected chi connectivity index (χ1v) is 5.22. The number of hydrogen-bond donors (Lipinski definition) is 1. The fourth-order valence-electron chi connectivity index (χ4n) is 0.978. The first-order valence-electron chi connectivity index (χ1n) is 4.46. The fraction of sp³-hybridized carbons (Fsp3) is 0.100. The zero-order chi connectivity index (χ0) is 16.1. The van der Waals surface area contributed by atoms with Crippen LogP contribution in [0.4, 0.5) is 17.6 Å². The number of carboxylic acid groups (broad SMARTS) is 1. The molecule has 0 aromatic heterocycles. The molecule has 0 amide bonds. The molecule has 0 aliphatic rings. The van der Waals surface area contributed by atoms with Crippen molar-refractivity contribution < 1.29 is 37.1 Å². The summed E-state index contributed by atoms with van der Waals surface area (Å²) < 4.78 is 49.2. The molecule has 0 aliphatic carbocycles. The van der Waals surface area contributed by atoms with Gasteiger partial charge in [-0.15, -0.1) is 0 Å². The summed E-state index contributed by atoms with van der Waals surface area (Å²) in [5, 5.41) is 6.09. The number of rotatable bonds is 2. The molecule has 1 aromatic carbocycles. The first kappa shape index (κ1) is 18.3. The zero-order valence-electron chi connectivity index (χ0n) is 9.17. The van der Waals surface area contributed by atoms with Crippen molar-refractivity contribution in [2.24, 2.45) is 0 Å². The summed E-state index contributed by atoms with van der Waals surface area (Å²) in [6, 6.07) is 2.00. The molecule has 110 valence electrons. The van der Waals surface area contributed by atoms with E-state index in [2.05, 4.69) is 23.2 Å². The van der Waals surface area contributed by atoms with Gasteiger partial charge in [0.15, 0.2) is 0 Å². The van der Waals surface area contributed by atoms with E-state index in [0.717, 1.165) is 6.07 Å². The summed E-state index contributed by atoms with van der Waals surface area (Å²) in [6.07, 6.45) is -4.87. The highest BCUT2D eigenvalue weighted by atomic mass is 35.5. The molecule has 0 saturated heterocycles. The molecule has 0 fully saturated rings. The van der Waals surface area contributed by atoms with E-state index >= 15 is 0 Å². The fourth-order valence-corrected chi connectivity index (χ4v) is 0.978. The molecule has 0 heterocycles. The van der Waals surface area contributed by atoms with Crippen LogP contribution >= 0.6 is 23.2 Å². The number of alkyl halides is 3. The van der Waals surface area contributed by atoms with Crippen LogP contribution in [0.5, 0.6) is 0 Å². The molecule has 0 unspecified atom stereocenters. The number of benzene rings is 1. The van der Waals surface area contributed by atoms with E-state index in [1.54, 1.807) is 0 Å². The lowest BCUT2D eigenvalue weighted by atomic mass is 10.1. The van der Waals surface area contributed by atoms with Gasteiger partial charge < -0.3 is 5.11 Å². The largest absolute Gasteiger partial charge is 0.478 e. The first-order chi connectivity index (χ1) is 8.98. The number of halogens is 6. The third kappa shape index (κ3) is 5.54. The van der Waals surface area contributed by atoms with Gasteiger partial charge in [-0.25, -0.2) is 9.18 Å². The highest BCUT2D eigenvalue weighted by Crippen LogP contribution is 2.32. The number of carboxylic acids is 1. The topological polar surface area (TPSA) is 71.4 Å². The molecule has 4 nitrogen and oxygen atoms in total. The van der Waals surface area contributed by atoms with E-state index in [4.69, 9.17) is 5.11 Å². The average molecular weight is 335 g/mol. The van der Waals surface area contributed by atoms with Crippen molar-refractivity contribution in [2.75, 3.05) is 0 Å². The highest BCUT2D eigenvalue weighted by molar-refractivity contribution is 6.97. The Morgan fingerprint density at radius 1 is 1.05 bits per heavy atom. The minimum atomic E-state index is -4.87. The second-order valence-corrected chi connectivity index (χ2v) is 3.70. The highest BCUT2D eigenvalue weighted by Gasteiger charge is 2.36. The van der Waals surface area contributed by atoms with Crippen molar-refractivity contribution >= 4 is 39.7 Å². The minimum absolute atomic E-state index is 0.520. The Kier molecular flexibility index (Phi) is 6.60. The van der Waals surface area contributed by atoms with Crippen LogP contribution in [0, 0.1) is 5.82 Å². The number of hydrogen-bond acceptors (Lipinski definition) is 3. The molecule has 0 bridgehead atoms. The molecule has 0 spiro atoms. The van der Waals surface area contributed by atoms with Gasteiger partial charge in [0.1, 0.15) is 11.4 Å². The molecule has 0 atom stereocenters. The maximum Gasteiger partial charge on any atom is 0.417 e. The van der Waals surface area contributed by atoms with Gasteiger partial charge in [0.05, 0.1) is 5.56 Å². The summed E-state index contributed by atoms with van der Waals surface area (Å²) in [5.41, 5.74) is -2.83. The Bertz CT molecular complexity index is 531. The third-order valence-electron chi connectivity index (χ3n) is 1.69. The number of carbonyl (C=O) groups is 3. The van der Waals surface area contributed by atoms with Crippen LogP contribution in [0.2, 0.25) is 0 Å². The molecule has 1 N–H and O–H groups in total. The van der Waals surface area contributed by atoms with Gasteiger partial charge in [-0.2, -0.15) is 13.2 Å². The number of aromatic carboxylic acids is 1. The summed E-state index contributed by atoms with van der Waals surface area (Å²) in [6.45, 7) is 0. The summed E-state index contributed by atoms with van der Waals surface area (Å²) in [5.74, 6) is -3.33. The molecular weight excluding hydrogens is 331 g/mol. The van der Waals surface area contributed by atoms with Crippen LogP contribution in [0.1, 0.15) is 15.9 Å². The van der Waals surface area contributed by atoms with Crippen LogP contribution in [0.15, 0.2) is 18.2 Å². The Morgan fingerprint density at radius 2 is 1.50 bits per heavy atom. The van der Waals surface area contributed by atoms with Crippen molar-refractivity contribution in [1.29, 1.82) is 0 Å². The van der Waals surface area contributed by atoms with Crippen LogP contribution in [0.3, 0.4) is 0 Å². The van der Waals surface area contributed by atoms with Gasteiger partial charge in [0.25, 0.3) is 0 Å². The van der Waals surface area contributed by atoms with Gasteiger partial charge in [0.2, 0.25) is 0 Å². The van der Waals surface area contributed by atoms with E-state index in [1.165, 1.54) is 0 Å². The third-order valence-corrected chi connectivity index (χ3v) is 2.13. The second-order valence-electron chi connectivity index (χ2n) is 3.01. The maximum absolute atomic E-state index is 12.8. The predicted octanol–water partition coefficient (Wildman–Crippen LogP) is 3.06. The molecule has 0 radical (unpaired) electrons. The van der Waals surface area contributed by atoms with E-state index < -0.39 is 39.6 Å². The lowest BCUT2D eigenvalue weighted by Crippen LogP contribution is -2.14. The maximum atomic E-state index is 12.8. The molecule has 1 aromatic rings. The van der Waals surface area contributed by atoms with Crippen molar-refractivity contribution in [3.63, 3.8) is 0 Å². The lowest BCUT2D eigenvalue weighted by molar-refractivity contribution is -0.138. The van der Waals surface area contributed by atoms with E-state index in [9.17, 15) is 31.9 Å². The Labute approximate surface area is 118 Å². The minimum Gasteiger partial charge on any atom is -0.478 e. The molecule has 20 heavy (non-hydrogen) atoms. The molecule has 10 heteroatoms. The molecular formula is C10H4Cl2F4O4. The second kappa shape index (κ2) is 7.20. The number of carbonyl (C=O) groups excluding carboxylic acids is 2. The van der Waals surface area contributed by atoms with E-state index in [0.29, 0.717) is 12.1 Å². The monoisotopic (exact) mass is 334 g/mol. The quantitative estimate of drug-likeness (QED) is 0.512. The van der Waals surface area contributed by atoms with Crippen LogP contribution in [0.25, 0.3) is 0 Å². The summed E-state index contributed by atoms with van der Waals surface area (Å²) in [7, 11) is 0. The van der Waals surface area contributed by atoms with Crippen LogP contribution in [-0.4, -0.2) is 21.6 Å². The zero-order valence-corrected chi connectivity index (χ0v) is 10.7. The van der Waals surface area contributed by atoms with Crippen molar-refractivity contribution in [1.82, 2.24) is 0 Å². The van der Waals surface area contributed by atoms with Crippen molar-refractivity contribution in [2.45, 2.75) is 6.18 Å². The Balaban J connectivity index is 0.000000511. The van der Waals surface area contributed by atoms with Crippen molar-refractivity contribution in [3.8, 4) is 0 Å². The van der Waals surface area contributed by atoms with Gasteiger partial charge in [-0.1, -0.05) is 6.07 Å². The average Bonchev–Trinajstić information content (AvgIpc) is 2.27. The predicted molar refractivity (Wildman–Crippen MR) is 60.1 cm³/mol. The molecule has 1 rings (SSSR count). The van der Waals surface area contributed by atoms with Gasteiger partial charge in [-0.3, -0.25) is 9.59 Å². The van der Waals surface area contributed by atoms with Gasteiger partial charge >= 0.3 is 22.6 Å². The molecule has 0 aliphatic heterocycles. The van der Waals surface area contributed by atoms with Gasteiger partial charge in [0, 0.05) is 0 Å². The van der Waals surface area contributed by atoms with E-state index in [1.807, 2.05) is 0 Å². The Hall–Kier alpha value is -1.67. The van der Waals surface area contributed by atoms with Gasteiger partial charge in [-0.05, 0) is 35.3 Å². The SMILES string of the molecule is O=C(Cl)C(=O)Cl.O=C(O)c1c(F)cccc1C(F)(F)F. The van der Waals surface area contributed by atoms with Crippen LogP contribution < -0.4 is 0 Å². The summed E-state index contributed by atoms with van der Waals surface area (Å²) >= 11 is 8.98. The lowest BCUT2D eigenvalue weighted by Gasteiger charge is -2.09. The summed E-state index contributed by atoms with van der Waals surface area (Å²) in [4.78, 5) is 29.2. The smallest absolute Gasteiger partial charge is 0.417 e.